The Balaban J connectivity index is 4.59. The van der Waals surface area contributed by atoms with Gasteiger partial charge in [0.15, 0.2) is 0 Å². The summed E-state index contributed by atoms with van der Waals surface area (Å²) in [5, 5.41) is 0. The van der Waals surface area contributed by atoms with Gasteiger partial charge in [-0.25, -0.2) is 0 Å². The summed E-state index contributed by atoms with van der Waals surface area (Å²) in [5.74, 6) is 0. The van der Waals surface area contributed by atoms with E-state index in [9.17, 15) is 0 Å². The topological polar surface area (TPSA) is 0 Å². The lowest BCUT2D eigenvalue weighted by molar-refractivity contribution is 0.332. The predicted octanol–water partition coefficient (Wildman–Crippen LogP) is 5.20. The van der Waals surface area contributed by atoms with E-state index in [1.165, 1.54) is 25.7 Å². The van der Waals surface area contributed by atoms with Crippen LogP contribution in [0.15, 0.2) is 12.2 Å². The first-order valence-electron chi connectivity index (χ1n) is 6.15. The van der Waals surface area contributed by atoms with Crippen LogP contribution in [0.4, 0.5) is 0 Å². The highest BCUT2D eigenvalue weighted by atomic mass is 14.3. The molecule has 0 unspecified atom stereocenters. The lowest BCUT2D eigenvalue weighted by Gasteiger charge is -2.28. The predicted molar refractivity (Wildman–Crippen MR) is 66.5 cm³/mol. The monoisotopic (exact) mass is 196 g/mol. The van der Waals surface area contributed by atoms with Gasteiger partial charge in [0.25, 0.3) is 0 Å². The van der Waals surface area contributed by atoms with Crippen LogP contribution in [0.25, 0.3) is 0 Å². The molecule has 0 amide bonds. The van der Waals surface area contributed by atoms with E-state index in [-0.39, 0.29) is 0 Å². The summed E-state index contributed by atoms with van der Waals surface area (Å²) in [7, 11) is 0. The zero-order chi connectivity index (χ0) is 11.2. The molecule has 0 aromatic rings. The van der Waals surface area contributed by atoms with Gasteiger partial charge in [0, 0.05) is 0 Å². The van der Waals surface area contributed by atoms with Crippen LogP contribution in [0.3, 0.4) is 0 Å². The van der Waals surface area contributed by atoms with Gasteiger partial charge in [-0.2, -0.15) is 0 Å². The fourth-order valence-electron chi connectivity index (χ4n) is 1.62. The van der Waals surface area contributed by atoms with Crippen molar-refractivity contribution in [2.24, 2.45) is 10.8 Å². The largest absolute Gasteiger partial charge is 0.0823 e. The fraction of sp³-hybridized carbons (Fsp3) is 0.857. The fourth-order valence-corrected chi connectivity index (χ4v) is 1.62. The summed E-state index contributed by atoms with van der Waals surface area (Å²) in [6.07, 6.45) is 9.89. The van der Waals surface area contributed by atoms with Gasteiger partial charge in [-0.15, -0.1) is 0 Å². The van der Waals surface area contributed by atoms with Crippen LogP contribution in [0.5, 0.6) is 0 Å². The molecule has 0 saturated carbocycles. The van der Waals surface area contributed by atoms with E-state index >= 15 is 0 Å². The molecular weight excluding hydrogens is 168 g/mol. The van der Waals surface area contributed by atoms with Gasteiger partial charge in [0.2, 0.25) is 0 Å². The highest BCUT2D eigenvalue weighted by Crippen LogP contribution is 2.34. The zero-order valence-electron chi connectivity index (χ0n) is 11.0. The van der Waals surface area contributed by atoms with Crippen LogP contribution in [-0.2, 0) is 0 Å². The zero-order valence-corrected chi connectivity index (χ0v) is 11.0. The molecule has 0 fully saturated rings. The summed E-state index contributed by atoms with van der Waals surface area (Å²) in [4.78, 5) is 0. The van der Waals surface area contributed by atoms with E-state index in [1.807, 2.05) is 0 Å². The highest BCUT2D eigenvalue weighted by molar-refractivity contribution is 5.03. The number of rotatable bonds is 6. The molecular formula is C14H28. The number of hydrogen-bond acceptors (Lipinski definition) is 0. The summed E-state index contributed by atoms with van der Waals surface area (Å²) in [5.41, 5.74) is 0.817. The maximum Gasteiger partial charge on any atom is -0.0126 e. The maximum atomic E-state index is 2.47. The molecule has 0 bridgehead atoms. The smallest absolute Gasteiger partial charge is 0.0126 e. The third-order valence-electron chi connectivity index (χ3n) is 3.91. The van der Waals surface area contributed by atoms with Crippen molar-refractivity contribution in [3.8, 4) is 0 Å². The van der Waals surface area contributed by atoms with Gasteiger partial charge in [0.05, 0.1) is 0 Å². The van der Waals surface area contributed by atoms with Crippen molar-refractivity contribution in [2.45, 2.75) is 67.2 Å². The summed E-state index contributed by atoms with van der Waals surface area (Å²) in [6.45, 7) is 13.8. The van der Waals surface area contributed by atoms with Crippen LogP contribution in [0.2, 0.25) is 0 Å². The Morgan fingerprint density at radius 3 is 1.43 bits per heavy atom. The third-order valence-corrected chi connectivity index (χ3v) is 3.91. The Labute approximate surface area is 90.8 Å². The number of hydrogen-bond donors (Lipinski definition) is 0. The van der Waals surface area contributed by atoms with E-state index in [1.54, 1.807) is 0 Å². The minimum absolute atomic E-state index is 0.366. The molecule has 0 aromatic carbocycles. The first kappa shape index (κ1) is 13.7. The van der Waals surface area contributed by atoms with Crippen LogP contribution in [0.1, 0.15) is 67.2 Å². The molecule has 0 heteroatoms. The number of allylic oxidation sites excluding steroid dienone is 2. The molecule has 0 aromatic heterocycles. The average Bonchev–Trinajstić information content (AvgIpc) is 2.21. The highest BCUT2D eigenvalue weighted by Gasteiger charge is 2.21. The third kappa shape index (κ3) is 3.86. The van der Waals surface area contributed by atoms with E-state index in [0.717, 1.165) is 0 Å². The standard InChI is InChI=1S/C14H28/c1-7-13(5,6)11-12-14(8-2,9-3)10-4/h11-12H,7-10H2,1-6H3/b12-11+. The molecule has 0 aliphatic heterocycles. The molecule has 0 aliphatic rings. The Hall–Kier alpha value is -0.260. The van der Waals surface area contributed by atoms with Crippen LogP contribution in [0, 0.1) is 10.8 Å². The quantitative estimate of drug-likeness (QED) is 0.512. The summed E-state index contributed by atoms with van der Waals surface area (Å²) in [6, 6.07) is 0. The molecule has 0 nitrogen and oxygen atoms in total. The van der Waals surface area contributed by atoms with Gasteiger partial charge in [0.1, 0.15) is 0 Å². The molecule has 0 N–H and O–H groups in total. The van der Waals surface area contributed by atoms with Gasteiger partial charge >= 0.3 is 0 Å². The Morgan fingerprint density at radius 1 is 0.714 bits per heavy atom. The Bertz CT molecular complexity index is 162. The molecule has 84 valence electrons. The molecule has 0 radical (unpaired) electrons. The minimum Gasteiger partial charge on any atom is -0.0823 e. The van der Waals surface area contributed by atoms with Gasteiger partial charge < -0.3 is 0 Å². The first-order chi connectivity index (χ1) is 6.45. The minimum atomic E-state index is 0.366. The van der Waals surface area contributed by atoms with E-state index in [2.05, 4.69) is 53.7 Å². The second-order valence-corrected chi connectivity index (χ2v) is 5.10. The van der Waals surface area contributed by atoms with Crippen molar-refractivity contribution in [3.63, 3.8) is 0 Å². The van der Waals surface area contributed by atoms with E-state index < -0.39 is 0 Å². The lowest BCUT2D eigenvalue weighted by Crippen LogP contribution is -2.16. The Morgan fingerprint density at radius 2 is 1.14 bits per heavy atom. The van der Waals surface area contributed by atoms with Crippen LogP contribution in [-0.4, -0.2) is 0 Å². The second-order valence-electron chi connectivity index (χ2n) is 5.10. The van der Waals surface area contributed by atoms with Crippen molar-refractivity contribution in [3.05, 3.63) is 12.2 Å². The van der Waals surface area contributed by atoms with E-state index in [0.29, 0.717) is 10.8 Å². The van der Waals surface area contributed by atoms with Crippen LogP contribution < -0.4 is 0 Å². The molecule has 0 rings (SSSR count). The first-order valence-corrected chi connectivity index (χ1v) is 6.15. The van der Waals surface area contributed by atoms with E-state index in [4.69, 9.17) is 0 Å². The van der Waals surface area contributed by atoms with Crippen molar-refractivity contribution < 1.29 is 0 Å². The van der Waals surface area contributed by atoms with Crippen LogP contribution >= 0.6 is 0 Å². The molecule has 0 heterocycles. The molecule has 0 saturated heterocycles. The van der Waals surface area contributed by atoms with Crippen molar-refractivity contribution in [1.29, 1.82) is 0 Å². The lowest BCUT2D eigenvalue weighted by atomic mass is 9.77. The SMILES string of the molecule is CCC(C)(C)/C=C/C(CC)(CC)CC. The van der Waals surface area contributed by atoms with Crippen molar-refractivity contribution in [2.75, 3.05) is 0 Å². The maximum absolute atomic E-state index is 2.47. The van der Waals surface area contributed by atoms with Gasteiger partial charge in [-0.3, -0.25) is 0 Å². The summed E-state index contributed by atoms with van der Waals surface area (Å²) >= 11 is 0. The molecule has 14 heavy (non-hydrogen) atoms. The van der Waals surface area contributed by atoms with Crippen molar-refractivity contribution in [1.82, 2.24) is 0 Å². The average molecular weight is 196 g/mol. The molecule has 0 atom stereocenters. The van der Waals surface area contributed by atoms with Gasteiger partial charge in [-0.05, 0) is 36.5 Å². The Kier molecular flexibility index (Phi) is 5.48. The van der Waals surface area contributed by atoms with Gasteiger partial charge in [-0.1, -0.05) is 53.7 Å². The summed E-state index contributed by atoms with van der Waals surface area (Å²) < 4.78 is 0. The van der Waals surface area contributed by atoms with Crippen molar-refractivity contribution >= 4 is 0 Å². The molecule has 0 spiro atoms. The molecule has 0 aliphatic carbocycles. The second kappa shape index (κ2) is 5.58. The normalized spacial score (nSPS) is 13.9.